The molecule has 2 aromatic rings. The molecule has 1 fully saturated rings. The Morgan fingerprint density at radius 2 is 2.30 bits per heavy atom. The van der Waals surface area contributed by atoms with Crippen LogP contribution in [0, 0.1) is 5.92 Å². The molecular weight excluding hydrogens is 276 g/mol. The number of halogens is 1. The molecule has 0 bridgehead atoms. The fourth-order valence-electron chi connectivity index (χ4n) is 3.41. The van der Waals surface area contributed by atoms with E-state index in [2.05, 4.69) is 15.6 Å². The smallest absolute Gasteiger partial charge is 0.0956 e. The van der Waals surface area contributed by atoms with E-state index in [0.717, 1.165) is 21.8 Å². The molecule has 2 aliphatic heterocycles. The average molecular weight is 291 g/mol. The summed E-state index contributed by atoms with van der Waals surface area (Å²) in [5, 5.41) is 11.1. The first-order valence-corrected chi connectivity index (χ1v) is 7.21. The first-order chi connectivity index (χ1) is 9.77. The molecule has 5 heteroatoms. The van der Waals surface area contributed by atoms with E-state index in [9.17, 15) is 5.11 Å². The largest absolute Gasteiger partial charge is 0.393 e. The van der Waals surface area contributed by atoms with Gasteiger partial charge in [0.25, 0.3) is 0 Å². The van der Waals surface area contributed by atoms with Gasteiger partial charge in [0.2, 0.25) is 0 Å². The second-order valence-corrected chi connectivity index (χ2v) is 5.83. The van der Waals surface area contributed by atoms with Gasteiger partial charge in [-0.1, -0.05) is 23.7 Å². The quantitative estimate of drug-likeness (QED) is 0.878. The summed E-state index contributed by atoms with van der Waals surface area (Å²) in [6.07, 6.45) is 3.97. The van der Waals surface area contributed by atoms with Crippen LogP contribution in [0.15, 0.2) is 30.7 Å². The summed E-state index contributed by atoms with van der Waals surface area (Å²) in [6, 6.07) is 5.93. The summed E-state index contributed by atoms with van der Waals surface area (Å²) in [7, 11) is 0. The van der Waals surface area contributed by atoms with Crippen LogP contribution in [-0.2, 0) is 4.74 Å². The maximum absolute atomic E-state index is 10.4. The van der Waals surface area contributed by atoms with E-state index in [1.165, 1.54) is 0 Å². The van der Waals surface area contributed by atoms with E-state index >= 15 is 0 Å². The molecule has 3 atom stereocenters. The van der Waals surface area contributed by atoms with Gasteiger partial charge in [0, 0.05) is 28.7 Å². The van der Waals surface area contributed by atoms with Crippen molar-refractivity contribution in [3.8, 4) is 11.3 Å². The molecule has 1 N–H and O–H groups in total. The van der Waals surface area contributed by atoms with Crippen LogP contribution in [0.25, 0.3) is 11.3 Å². The van der Waals surface area contributed by atoms with Gasteiger partial charge >= 0.3 is 0 Å². The third-order valence-corrected chi connectivity index (χ3v) is 4.69. The van der Waals surface area contributed by atoms with Crippen molar-refractivity contribution in [1.29, 1.82) is 0 Å². The zero-order valence-electron chi connectivity index (χ0n) is 10.9. The number of aromatic nitrogens is 2. The Labute approximate surface area is 122 Å². The summed E-state index contributed by atoms with van der Waals surface area (Å²) in [6.45, 7) is 1.17. The van der Waals surface area contributed by atoms with Gasteiger partial charge in [-0.15, -0.1) is 0 Å². The number of nitrogens with zero attached hydrogens (tertiary/aromatic N) is 2. The fraction of sp³-hybridized carbons (Fsp3) is 0.400. The lowest BCUT2D eigenvalue weighted by Gasteiger charge is -2.33. The Bertz CT molecular complexity index is 655. The van der Waals surface area contributed by atoms with Gasteiger partial charge in [-0.2, -0.15) is 0 Å². The Hall–Kier alpha value is -1.36. The minimum atomic E-state index is -0.369. The Kier molecular flexibility index (Phi) is 2.84. The lowest BCUT2D eigenvalue weighted by atomic mass is 9.86. The molecule has 0 saturated carbocycles. The first kappa shape index (κ1) is 12.4. The van der Waals surface area contributed by atoms with Crippen LogP contribution in [0.1, 0.15) is 18.0 Å². The molecule has 104 valence electrons. The van der Waals surface area contributed by atoms with Crippen LogP contribution in [0.4, 0.5) is 0 Å². The van der Waals surface area contributed by atoms with E-state index in [-0.39, 0.29) is 18.1 Å². The van der Waals surface area contributed by atoms with Gasteiger partial charge in [0.1, 0.15) is 0 Å². The standard InChI is InChI=1S/C15H15ClN2O2/c16-11-3-1-2-9-12-6-17-8-18(12)15(14(9)11)10-7-20-5-4-13(10)19/h1-3,6,8,10,13,15,19H,4-5,7H2/t10-,13-,15+/m1/s1. The molecule has 4 rings (SSSR count). The molecule has 0 aliphatic carbocycles. The third-order valence-electron chi connectivity index (χ3n) is 4.36. The molecule has 20 heavy (non-hydrogen) atoms. The summed E-state index contributed by atoms with van der Waals surface area (Å²) in [4.78, 5) is 4.24. The highest BCUT2D eigenvalue weighted by atomic mass is 35.5. The van der Waals surface area contributed by atoms with Crippen molar-refractivity contribution < 1.29 is 9.84 Å². The van der Waals surface area contributed by atoms with Gasteiger partial charge in [-0.25, -0.2) is 4.98 Å². The van der Waals surface area contributed by atoms with E-state index in [1.807, 2.05) is 24.7 Å². The molecule has 0 radical (unpaired) electrons. The maximum atomic E-state index is 10.4. The Morgan fingerprint density at radius 1 is 1.40 bits per heavy atom. The summed E-state index contributed by atoms with van der Waals surface area (Å²) in [5.41, 5.74) is 3.25. The van der Waals surface area contributed by atoms with Gasteiger partial charge < -0.3 is 14.4 Å². The van der Waals surface area contributed by atoms with Gasteiger partial charge in [-0.3, -0.25) is 0 Å². The van der Waals surface area contributed by atoms with E-state index in [1.54, 1.807) is 0 Å². The van der Waals surface area contributed by atoms with Crippen LogP contribution < -0.4 is 0 Å². The van der Waals surface area contributed by atoms with Crippen molar-refractivity contribution in [2.24, 2.45) is 5.92 Å². The van der Waals surface area contributed by atoms with Crippen LogP contribution in [0.2, 0.25) is 5.02 Å². The molecule has 0 amide bonds. The number of benzene rings is 1. The average Bonchev–Trinajstić information content (AvgIpc) is 3.01. The molecular formula is C15H15ClN2O2. The zero-order chi connectivity index (χ0) is 13.7. The Morgan fingerprint density at radius 3 is 3.15 bits per heavy atom. The zero-order valence-corrected chi connectivity index (χ0v) is 11.6. The van der Waals surface area contributed by atoms with Crippen LogP contribution in [0.5, 0.6) is 0 Å². The molecule has 3 heterocycles. The third kappa shape index (κ3) is 1.65. The summed E-state index contributed by atoms with van der Waals surface area (Å²) < 4.78 is 7.68. The minimum Gasteiger partial charge on any atom is -0.393 e. The van der Waals surface area contributed by atoms with Crippen molar-refractivity contribution in [2.75, 3.05) is 13.2 Å². The fourth-order valence-corrected chi connectivity index (χ4v) is 3.69. The molecule has 0 spiro atoms. The molecule has 2 aliphatic rings. The predicted octanol–water partition coefficient (Wildman–Crippen LogP) is 2.50. The normalized spacial score (nSPS) is 28.2. The van der Waals surface area contributed by atoms with Gasteiger partial charge in [0.15, 0.2) is 0 Å². The monoisotopic (exact) mass is 290 g/mol. The van der Waals surface area contributed by atoms with Crippen molar-refractivity contribution in [3.63, 3.8) is 0 Å². The van der Waals surface area contributed by atoms with Crippen molar-refractivity contribution in [3.05, 3.63) is 41.3 Å². The Balaban J connectivity index is 1.88. The van der Waals surface area contributed by atoms with Crippen LogP contribution in [0.3, 0.4) is 0 Å². The number of aliphatic hydroxyl groups excluding tert-OH is 1. The highest BCUT2D eigenvalue weighted by molar-refractivity contribution is 6.32. The topological polar surface area (TPSA) is 47.3 Å². The number of hydrogen-bond donors (Lipinski definition) is 1. The number of rotatable bonds is 1. The van der Waals surface area contributed by atoms with Gasteiger partial charge in [-0.05, 0) is 12.5 Å². The predicted molar refractivity (Wildman–Crippen MR) is 75.7 cm³/mol. The van der Waals surface area contributed by atoms with Crippen molar-refractivity contribution >= 4 is 11.6 Å². The lowest BCUT2D eigenvalue weighted by Crippen LogP contribution is -2.37. The summed E-state index contributed by atoms with van der Waals surface area (Å²) >= 11 is 6.42. The molecule has 1 aromatic heterocycles. The maximum Gasteiger partial charge on any atom is 0.0956 e. The number of aliphatic hydroxyl groups is 1. The molecule has 1 saturated heterocycles. The van der Waals surface area contributed by atoms with Crippen molar-refractivity contribution in [1.82, 2.24) is 9.55 Å². The number of fused-ring (bicyclic) bond motifs is 3. The second-order valence-electron chi connectivity index (χ2n) is 5.43. The first-order valence-electron chi connectivity index (χ1n) is 6.84. The van der Waals surface area contributed by atoms with Crippen LogP contribution >= 0.6 is 11.6 Å². The number of hydrogen-bond acceptors (Lipinski definition) is 3. The molecule has 1 aromatic carbocycles. The minimum absolute atomic E-state index is 0.00602. The number of imidazole rings is 1. The van der Waals surface area contributed by atoms with Crippen molar-refractivity contribution in [2.45, 2.75) is 18.6 Å². The van der Waals surface area contributed by atoms with E-state index in [0.29, 0.717) is 19.6 Å². The molecule has 4 nitrogen and oxygen atoms in total. The summed E-state index contributed by atoms with van der Waals surface area (Å²) in [5.74, 6) is 0.0119. The van der Waals surface area contributed by atoms with Gasteiger partial charge in [0.05, 0.1) is 37.0 Å². The number of ether oxygens (including phenoxy) is 1. The van der Waals surface area contributed by atoms with Crippen LogP contribution in [-0.4, -0.2) is 34.0 Å². The second kappa shape index (κ2) is 4.58. The highest BCUT2D eigenvalue weighted by Crippen LogP contribution is 2.47. The van der Waals surface area contributed by atoms with E-state index < -0.39 is 0 Å². The lowest BCUT2D eigenvalue weighted by molar-refractivity contribution is -0.0481. The molecule has 0 unspecified atom stereocenters. The van der Waals surface area contributed by atoms with E-state index in [4.69, 9.17) is 16.3 Å². The SMILES string of the molecule is O[C@@H]1CCOC[C@H]1[C@H]1c2c(Cl)cccc2-c2cncn21. The highest BCUT2D eigenvalue weighted by Gasteiger charge is 2.40.